The van der Waals surface area contributed by atoms with Crippen LogP contribution in [0.5, 0.6) is 0 Å². The summed E-state index contributed by atoms with van der Waals surface area (Å²) in [6.07, 6.45) is 2.06. The molecule has 0 spiro atoms. The molecule has 0 unspecified atom stereocenters. The fraction of sp³-hybridized carbons (Fsp3) is 0.421. The molecule has 4 rings (SSSR count). The minimum Gasteiger partial charge on any atom is -0.339 e. The van der Waals surface area contributed by atoms with Crippen molar-refractivity contribution >= 4 is 10.9 Å². The Hall–Kier alpha value is -2.47. The predicted octanol–water partition coefficient (Wildman–Crippen LogP) is 3.37. The Morgan fingerprint density at radius 1 is 1.36 bits per heavy atom. The monoisotopic (exact) mass is 338 g/mol. The molecule has 3 aromatic rings. The van der Waals surface area contributed by atoms with Crippen LogP contribution >= 0.6 is 0 Å². The number of rotatable bonds is 4. The molecule has 1 aliphatic heterocycles. The van der Waals surface area contributed by atoms with Gasteiger partial charge in [0.1, 0.15) is 0 Å². The molecule has 6 heteroatoms. The van der Waals surface area contributed by atoms with Gasteiger partial charge in [-0.2, -0.15) is 4.98 Å². The van der Waals surface area contributed by atoms with Crippen molar-refractivity contribution in [2.45, 2.75) is 45.2 Å². The predicted molar refractivity (Wildman–Crippen MR) is 95.3 cm³/mol. The van der Waals surface area contributed by atoms with Crippen LogP contribution in [0, 0.1) is 0 Å². The molecule has 1 aromatic carbocycles. The summed E-state index contributed by atoms with van der Waals surface area (Å²) >= 11 is 0. The number of hydrogen-bond donors (Lipinski definition) is 1. The molecule has 1 saturated heterocycles. The lowest BCUT2D eigenvalue weighted by Gasteiger charge is -2.21. The Bertz CT molecular complexity index is 944. The van der Waals surface area contributed by atoms with Crippen molar-refractivity contribution in [1.29, 1.82) is 0 Å². The van der Waals surface area contributed by atoms with E-state index in [2.05, 4.69) is 20.0 Å². The molecular weight excluding hydrogens is 316 g/mol. The van der Waals surface area contributed by atoms with Crippen molar-refractivity contribution < 1.29 is 4.52 Å². The summed E-state index contributed by atoms with van der Waals surface area (Å²) in [5, 5.41) is 5.22. The number of nitrogens with one attached hydrogen (secondary N) is 1. The maximum Gasteiger partial charge on any atom is 0.252 e. The second-order valence-electron chi connectivity index (χ2n) is 6.98. The van der Waals surface area contributed by atoms with E-state index in [-0.39, 0.29) is 17.5 Å². The van der Waals surface area contributed by atoms with Crippen molar-refractivity contribution in [2.75, 3.05) is 6.54 Å². The SMILES string of the molecule is CC(C)c1nc([C@H]2CCCN2Cc2cc3ccccc3[nH]c2=O)no1. The average molecular weight is 338 g/mol. The Kier molecular flexibility index (Phi) is 4.13. The highest BCUT2D eigenvalue weighted by Crippen LogP contribution is 2.32. The van der Waals surface area contributed by atoms with Gasteiger partial charge in [0.05, 0.1) is 6.04 Å². The van der Waals surface area contributed by atoms with Crippen molar-refractivity contribution in [3.05, 3.63) is 58.0 Å². The van der Waals surface area contributed by atoms with E-state index in [0.717, 1.165) is 41.7 Å². The van der Waals surface area contributed by atoms with E-state index in [1.165, 1.54) is 0 Å². The van der Waals surface area contributed by atoms with Gasteiger partial charge in [-0.1, -0.05) is 37.2 Å². The smallest absolute Gasteiger partial charge is 0.252 e. The van der Waals surface area contributed by atoms with Crippen LogP contribution in [-0.4, -0.2) is 26.6 Å². The van der Waals surface area contributed by atoms with E-state index < -0.39 is 0 Å². The quantitative estimate of drug-likeness (QED) is 0.789. The van der Waals surface area contributed by atoms with Gasteiger partial charge in [-0.15, -0.1) is 0 Å². The number of likely N-dealkylation sites (tertiary alicyclic amines) is 1. The number of aromatic nitrogens is 3. The summed E-state index contributed by atoms with van der Waals surface area (Å²) in [6, 6.07) is 9.95. The van der Waals surface area contributed by atoms with Crippen LogP contribution in [-0.2, 0) is 6.54 Å². The molecule has 0 radical (unpaired) electrons. The second-order valence-corrected chi connectivity index (χ2v) is 6.98. The zero-order chi connectivity index (χ0) is 17.4. The summed E-state index contributed by atoms with van der Waals surface area (Å²) in [5.74, 6) is 1.63. The average Bonchev–Trinajstić information content (AvgIpc) is 3.24. The summed E-state index contributed by atoms with van der Waals surface area (Å²) in [4.78, 5) is 22.2. The molecule has 0 aliphatic carbocycles. The first-order valence-electron chi connectivity index (χ1n) is 8.80. The third-order valence-electron chi connectivity index (χ3n) is 4.82. The zero-order valence-corrected chi connectivity index (χ0v) is 14.5. The van der Waals surface area contributed by atoms with E-state index in [9.17, 15) is 4.79 Å². The number of nitrogens with zero attached hydrogens (tertiary/aromatic N) is 3. The van der Waals surface area contributed by atoms with Crippen molar-refractivity contribution in [2.24, 2.45) is 0 Å². The Morgan fingerprint density at radius 2 is 2.20 bits per heavy atom. The number of aromatic amines is 1. The molecule has 130 valence electrons. The summed E-state index contributed by atoms with van der Waals surface area (Å²) in [6.45, 7) is 5.61. The van der Waals surface area contributed by atoms with Gasteiger partial charge < -0.3 is 9.51 Å². The number of H-pyrrole nitrogens is 1. The number of para-hydroxylation sites is 1. The molecule has 1 aliphatic rings. The molecule has 3 heterocycles. The molecule has 1 N–H and O–H groups in total. The minimum absolute atomic E-state index is 0.0275. The van der Waals surface area contributed by atoms with Crippen LogP contribution < -0.4 is 5.56 Å². The molecule has 0 saturated carbocycles. The number of benzene rings is 1. The lowest BCUT2D eigenvalue weighted by Crippen LogP contribution is -2.27. The van der Waals surface area contributed by atoms with E-state index >= 15 is 0 Å². The first-order chi connectivity index (χ1) is 12.1. The minimum atomic E-state index is -0.0275. The van der Waals surface area contributed by atoms with Crippen molar-refractivity contribution in [3.63, 3.8) is 0 Å². The first kappa shape index (κ1) is 16.0. The highest BCUT2D eigenvalue weighted by atomic mass is 16.5. The number of pyridine rings is 1. The van der Waals surface area contributed by atoms with Gasteiger partial charge in [-0.3, -0.25) is 9.69 Å². The second kappa shape index (κ2) is 6.44. The molecule has 0 bridgehead atoms. The molecule has 2 aromatic heterocycles. The fourth-order valence-corrected chi connectivity index (χ4v) is 3.45. The maximum atomic E-state index is 12.4. The number of hydrogen-bond acceptors (Lipinski definition) is 5. The van der Waals surface area contributed by atoms with Gasteiger partial charge >= 0.3 is 0 Å². The Labute approximate surface area is 145 Å². The zero-order valence-electron chi connectivity index (χ0n) is 14.5. The van der Waals surface area contributed by atoms with Crippen LogP contribution in [0.25, 0.3) is 10.9 Å². The topological polar surface area (TPSA) is 75.0 Å². The maximum absolute atomic E-state index is 12.4. The third-order valence-corrected chi connectivity index (χ3v) is 4.82. The third kappa shape index (κ3) is 3.09. The van der Waals surface area contributed by atoms with Gasteiger partial charge in [0.15, 0.2) is 5.82 Å². The highest BCUT2D eigenvalue weighted by Gasteiger charge is 2.30. The molecule has 25 heavy (non-hydrogen) atoms. The Morgan fingerprint density at radius 3 is 3.00 bits per heavy atom. The molecular formula is C19H22N4O2. The van der Waals surface area contributed by atoms with E-state index in [0.29, 0.717) is 12.4 Å². The van der Waals surface area contributed by atoms with E-state index in [1.807, 2.05) is 44.2 Å². The molecule has 6 nitrogen and oxygen atoms in total. The normalized spacial score (nSPS) is 18.4. The standard InChI is InChI=1S/C19H22N4O2/c1-12(2)19-21-17(22-25-19)16-8-5-9-23(16)11-14-10-13-6-3-4-7-15(13)20-18(14)24/h3-4,6-7,10,12,16H,5,8-9,11H2,1-2H3,(H,20,24)/t16-/m1/s1. The van der Waals surface area contributed by atoms with Crippen molar-refractivity contribution in [1.82, 2.24) is 20.0 Å². The van der Waals surface area contributed by atoms with Gasteiger partial charge in [-0.05, 0) is 36.9 Å². The van der Waals surface area contributed by atoms with Crippen LogP contribution in [0.3, 0.4) is 0 Å². The van der Waals surface area contributed by atoms with Gasteiger partial charge in [-0.25, -0.2) is 0 Å². The van der Waals surface area contributed by atoms with Crippen molar-refractivity contribution in [3.8, 4) is 0 Å². The van der Waals surface area contributed by atoms with Crippen LogP contribution in [0.4, 0.5) is 0 Å². The Balaban J connectivity index is 1.61. The number of fused-ring (bicyclic) bond motifs is 1. The molecule has 1 fully saturated rings. The highest BCUT2D eigenvalue weighted by molar-refractivity contribution is 5.78. The van der Waals surface area contributed by atoms with Crippen LogP contribution in [0.2, 0.25) is 0 Å². The van der Waals surface area contributed by atoms with E-state index in [4.69, 9.17) is 4.52 Å². The summed E-state index contributed by atoms with van der Waals surface area (Å²) < 4.78 is 5.36. The molecule has 0 amide bonds. The van der Waals surface area contributed by atoms with Gasteiger partial charge in [0, 0.05) is 23.5 Å². The molecule has 1 atom stereocenters. The largest absolute Gasteiger partial charge is 0.339 e. The van der Waals surface area contributed by atoms with Crippen LogP contribution in [0.15, 0.2) is 39.6 Å². The van der Waals surface area contributed by atoms with Gasteiger partial charge in [0.2, 0.25) is 5.89 Å². The summed E-state index contributed by atoms with van der Waals surface area (Å²) in [5.41, 5.74) is 1.62. The first-order valence-corrected chi connectivity index (χ1v) is 8.80. The lowest BCUT2D eigenvalue weighted by molar-refractivity contribution is 0.233. The van der Waals surface area contributed by atoms with Crippen LogP contribution in [0.1, 0.15) is 55.9 Å². The van der Waals surface area contributed by atoms with Gasteiger partial charge in [0.25, 0.3) is 5.56 Å². The lowest BCUT2D eigenvalue weighted by atomic mass is 10.1. The fourth-order valence-electron chi connectivity index (χ4n) is 3.45. The summed E-state index contributed by atoms with van der Waals surface area (Å²) in [7, 11) is 0. The van der Waals surface area contributed by atoms with E-state index in [1.54, 1.807) is 0 Å².